The Hall–Kier alpha value is -3.88. The van der Waals surface area contributed by atoms with Crippen LogP contribution in [0.1, 0.15) is 75.0 Å². The molecule has 0 bridgehead atoms. The second-order valence-corrected chi connectivity index (χ2v) is 11.6. The van der Waals surface area contributed by atoms with Crippen LogP contribution in [0.4, 0.5) is 4.79 Å². The number of amides is 1. The van der Waals surface area contributed by atoms with Gasteiger partial charge in [-0.25, -0.2) is 9.59 Å². The fourth-order valence-electron chi connectivity index (χ4n) is 3.91. The van der Waals surface area contributed by atoms with Crippen LogP contribution in [0.25, 0.3) is 0 Å². The summed E-state index contributed by atoms with van der Waals surface area (Å²) in [5.41, 5.74) is 0.968. The Labute approximate surface area is 236 Å². The summed E-state index contributed by atoms with van der Waals surface area (Å²) in [7, 11) is 1.20. The van der Waals surface area contributed by atoms with Crippen LogP contribution in [-0.2, 0) is 43.2 Å². The van der Waals surface area contributed by atoms with Gasteiger partial charge in [0.15, 0.2) is 0 Å². The van der Waals surface area contributed by atoms with Crippen molar-refractivity contribution in [3.05, 3.63) is 70.8 Å². The fourth-order valence-corrected chi connectivity index (χ4v) is 3.91. The highest BCUT2D eigenvalue weighted by Crippen LogP contribution is 2.24. The zero-order valence-electron chi connectivity index (χ0n) is 24.5. The molecule has 1 N–H and O–H groups in total. The largest absolute Gasteiger partial charge is 0.481 e. The number of carboxylic acid groups (broad SMARTS) is 1. The van der Waals surface area contributed by atoms with E-state index in [0.717, 1.165) is 5.56 Å². The molecule has 218 valence electrons. The van der Waals surface area contributed by atoms with Crippen LogP contribution in [0, 0.1) is 5.92 Å². The average molecular weight is 556 g/mol. The Balaban J connectivity index is 2.48. The van der Waals surface area contributed by atoms with Crippen LogP contribution in [0.2, 0.25) is 0 Å². The van der Waals surface area contributed by atoms with Gasteiger partial charge in [0.25, 0.3) is 0 Å². The Morgan fingerprint density at radius 1 is 0.875 bits per heavy atom. The van der Waals surface area contributed by atoms with Gasteiger partial charge in [0, 0.05) is 13.1 Å². The van der Waals surface area contributed by atoms with Gasteiger partial charge in [0.1, 0.15) is 11.2 Å². The first kappa shape index (κ1) is 32.3. The number of carbonyl (C=O) groups is 4. The van der Waals surface area contributed by atoms with Gasteiger partial charge in [-0.2, -0.15) is 0 Å². The van der Waals surface area contributed by atoms with Crippen molar-refractivity contribution in [3.8, 4) is 0 Å². The van der Waals surface area contributed by atoms with Crippen molar-refractivity contribution < 1.29 is 38.5 Å². The molecule has 0 radical (unpaired) electrons. The molecule has 9 heteroatoms. The maximum atomic E-state index is 13.2. The number of hydrogen-bond acceptors (Lipinski definition) is 7. The standard InChI is InChI=1S/C31H41NO8/c1-30(2,3)39-28(36)22-13-14-23(24(17-22)18-25(27(34)35)19-26(33)38-7)20-32(29(37)40-31(4,5)6)16-15-21-11-9-8-10-12-21/h8-14,17,25H,15-16,18-20H2,1-7H3,(H,34,35). The lowest BCUT2D eigenvalue weighted by Gasteiger charge is -2.28. The molecule has 0 aliphatic carbocycles. The van der Waals surface area contributed by atoms with E-state index in [0.29, 0.717) is 24.1 Å². The molecule has 0 fully saturated rings. The molecule has 40 heavy (non-hydrogen) atoms. The van der Waals surface area contributed by atoms with E-state index in [4.69, 9.17) is 9.47 Å². The second-order valence-electron chi connectivity index (χ2n) is 11.6. The summed E-state index contributed by atoms with van der Waals surface area (Å²) in [6, 6.07) is 14.6. The van der Waals surface area contributed by atoms with Gasteiger partial charge in [-0.3, -0.25) is 9.59 Å². The van der Waals surface area contributed by atoms with Crippen molar-refractivity contribution >= 4 is 24.0 Å². The Kier molecular flexibility index (Phi) is 11.3. The number of rotatable bonds is 11. The summed E-state index contributed by atoms with van der Waals surface area (Å²) in [6.45, 7) is 11.1. The lowest BCUT2D eigenvalue weighted by molar-refractivity contribution is -0.149. The third-order valence-electron chi connectivity index (χ3n) is 5.82. The van der Waals surface area contributed by atoms with Crippen molar-refractivity contribution in [1.29, 1.82) is 0 Å². The monoisotopic (exact) mass is 555 g/mol. The van der Waals surface area contributed by atoms with Gasteiger partial charge in [0.05, 0.1) is 25.0 Å². The normalized spacial score (nSPS) is 12.3. The van der Waals surface area contributed by atoms with Crippen LogP contribution < -0.4 is 0 Å². The van der Waals surface area contributed by atoms with E-state index in [1.165, 1.54) is 7.11 Å². The van der Waals surface area contributed by atoms with Crippen LogP contribution in [-0.4, -0.2) is 58.9 Å². The smallest absolute Gasteiger partial charge is 0.410 e. The Morgan fingerprint density at radius 2 is 1.50 bits per heavy atom. The average Bonchev–Trinajstić information content (AvgIpc) is 2.85. The predicted molar refractivity (Wildman–Crippen MR) is 150 cm³/mol. The highest BCUT2D eigenvalue weighted by molar-refractivity contribution is 5.90. The summed E-state index contributed by atoms with van der Waals surface area (Å²) < 4.78 is 15.8. The van der Waals surface area contributed by atoms with Crippen molar-refractivity contribution in [2.45, 2.75) is 78.6 Å². The van der Waals surface area contributed by atoms with E-state index in [1.807, 2.05) is 30.3 Å². The van der Waals surface area contributed by atoms with Crippen molar-refractivity contribution in [2.75, 3.05) is 13.7 Å². The van der Waals surface area contributed by atoms with Gasteiger partial charge < -0.3 is 24.2 Å². The molecular weight excluding hydrogens is 514 g/mol. The minimum absolute atomic E-state index is 0.0583. The van der Waals surface area contributed by atoms with Crippen LogP contribution in [0.15, 0.2) is 48.5 Å². The molecule has 0 aromatic heterocycles. The summed E-state index contributed by atoms with van der Waals surface area (Å²) in [5.74, 6) is -3.49. The molecule has 0 saturated carbocycles. The van der Waals surface area contributed by atoms with E-state index in [9.17, 15) is 24.3 Å². The van der Waals surface area contributed by atoms with Gasteiger partial charge in [0.2, 0.25) is 0 Å². The van der Waals surface area contributed by atoms with E-state index < -0.39 is 41.1 Å². The molecule has 0 saturated heterocycles. The molecular formula is C31H41NO8. The molecule has 0 heterocycles. The lowest BCUT2D eigenvalue weighted by Crippen LogP contribution is -2.38. The maximum Gasteiger partial charge on any atom is 0.410 e. The van der Waals surface area contributed by atoms with Gasteiger partial charge in [-0.05, 0) is 83.2 Å². The number of methoxy groups -OCH3 is 1. The molecule has 0 aliphatic heterocycles. The highest BCUT2D eigenvalue weighted by atomic mass is 16.6. The van der Waals surface area contributed by atoms with Crippen LogP contribution in [0.3, 0.4) is 0 Å². The molecule has 1 unspecified atom stereocenters. The van der Waals surface area contributed by atoms with E-state index in [2.05, 4.69) is 4.74 Å². The summed E-state index contributed by atoms with van der Waals surface area (Å²) in [4.78, 5) is 51.5. The number of hydrogen-bond donors (Lipinski definition) is 1. The fraction of sp³-hybridized carbons (Fsp3) is 0.484. The van der Waals surface area contributed by atoms with Gasteiger partial charge >= 0.3 is 24.0 Å². The third-order valence-corrected chi connectivity index (χ3v) is 5.82. The summed E-state index contributed by atoms with van der Waals surface area (Å²) in [5, 5.41) is 9.83. The molecule has 1 atom stereocenters. The Bertz CT molecular complexity index is 1180. The maximum absolute atomic E-state index is 13.2. The van der Waals surface area contributed by atoms with E-state index >= 15 is 0 Å². The van der Waals surface area contributed by atoms with Crippen molar-refractivity contribution in [3.63, 3.8) is 0 Å². The molecule has 2 aromatic carbocycles. The van der Waals surface area contributed by atoms with Crippen molar-refractivity contribution in [1.82, 2.24) is 4.90 Å². The Morgan fingerprint density at radius 3 is 2.05 bits per heavy atom. The zero-order chi connectivity index (χ0) is 30.1. The van der Waals surface area contributed by atoms with E-state index in [-0.39, 0.29) is 24.9 Å². The predicted octanol–water partition coefficient (Wildman–Crippen LogP) is 5.43. The number of esters is 2. The topological polar surface area (TPSA) is 119 Å². The number of carboxylic acids is 1. The van der Waals surface area contributed by atoms with Gasteiger partial charge in [-0.1, -0.05) is 36.4 Å². The molecule has 0 spiro atoms. The van der Waals surface area contributed by atoms with Crippen LogP contribution in [0.5, 0.6) is 0 Å². The molecule has 9 nitrogen and oxygen atoms in total. The summed E-state index contributed by atoms with van der Waals surface area (Å²) >= 11 is 0. The van der Waals surface area contributed by atoms with Gasteiger partial charge in [-0.15, -0.1) is 0 Å². The second kappa shape index (κ2) is 14.0. The first-order chi connectivity index (χ1) is 18.6. The highest BCUT2D eigenvalue weighted by Gasteiger charge is 2.27. The quantitative estimate of drug-likeness (QED) is 0.288. The molecule has 2 rings (SSSR count). The third kappa shape index (κ3) is 11.1. The number of nitrogens with zero attached hydrogens (tertiary/aromatic N) is 1. The minimum atomic E-state index is -1.17. The first-order valence-corrected chi connectivity index (χ1v) is 13.2. The SMILES string of the molecule is COC(=O)CC(Cc1cc(C(=O)OC(C)(C)C)ccc1CN(CCc1ccccc1)C(=O)OC(C)(C)C)C(=O)O. The molecule has 0 aliphatic rings. The zero-order valence-corrected chi connectivity index (χ0v) is 24.5. The number of carbonyl (C=O) groups excluding carboxylic acids is 3. The number of benzene rings is 2. The summed E-state index contributed by atoms with van der Waals surface area (Å²) in [6.07, 6.45) is -0.343. The lowest BCUT2D eigenvalue weighted by atomic mass is 9.91. The van der Waals surface area contributed by atoms with E-state index in [1.54, 1.807) is 64.6 Å². The molecule has 1 amide bonds. The number of aliphatic carboxylic acids is 1. The minimum Gasteiger partial charge on any atom is -0.481 e. The first-order valence-electron chi connectivity index (χ1n) is 13.2. The van der Waals surface area contributed by atoms with Crippen LogP contribution >= 0.6 is 0 Å². The van der Waals surface area contributed by atoms with Crippen molar-refractivity contribution in [2.24, 2.45) is 5.92 Å². The number of ether oxygens (including phenoxy) is 3. The molecule has 2 aromatic rings.